The molecule has 0 aliphatic rings. The Morgan fingerprint density at radius 1 is 1.14 bits per heavy atom. The molecule has 0 unspecified atom stereocenters. The molecule has 2 aromatic rings. The van der Waals surface area contributed by atoms with E-state index in [0.29, 0.717) is 0 Å². The molecule has 0 atom stereocenters. The summed E-state index contributed by atoms with van der Waals surface area (Å²) in [5.74, 6) is -0.781. The van der Waals surface area contributed by atoms with E-state index in [1.807, 2.05) is 0 Å². The molecule has 0 saturated heterocycles. The van der Waals surface area contributed by atoms with Gasteiger partial charge in [0.25, 0.3) is 5.91 Å². The van der Waals surface area contributed by atoms with E-state index in [2.05, 4.69) is 5.32 Å². The van der Waals surface area contributed by atoms with E-state index in [1.54, 1.807) is 12.1 Å². The number of para-hydroxylation sites is 2. The Balaban J connectivity index is 1.96. The molecule has 0 radical (unpaired) electrons. The van der Waals surface area contributed by atoms with Crippen LogP contribution < -0.4 is 10.1 Å². The normalized spacial score (nSPS) is 11.0. The van der Waals surface area contributed by atoms with Crippen molar-refractivity contribution in [2.24, 2.45) is 0 Å². The molecule has 2 N–H and O–H groups in total. The highest BCUT2D eigenvalue weighted by Gasteiger charge is 2.30. The smallest absolute Gasteiger partial charge is 0.416 e. The van der Waals surface area contributed by atoms with Crippen molar-refractivity contribution in [1.29, 1.82) is 0 Å². The van der Waals surface area contributed by atoms with Gasteiger partial charge in [0.2, 0.25) is 0 Å². The zero-order chi connectivity index (χ0) is 16.2. The lowest BCUT2D eigenvalue weighted by atomic mass is 10.2. The van der Waals surface area contributed by atoms with E-state index >= 15 is 0 Å². The summed E-state index contributed by atoms with van der Waals surface area (Å²) < 4.78 is 42.6. The van der Waals surface area contributed by atoms with Crippen molar-refractivity contribution >= 4 is 11.6 Å². The van der Waals surface area contributed by atoms with Gasteiger partial charge >= 0.3 is 6.18 Å². The summed E-state index contributed by atoms with van der Waals surface area (Å²) in [5, 5.41) is 11.9. The first-order chi connectivity index (χ1) is 10.4. The van der Waals surface area contributed by atoms with E-state index in [1.165, 1.54) is 24.3 Å². The summed E-state index contributed by atoms with van der Waals surface area (Å²) in [5.41, 5.74) is -0.661. The lowest BCUT2D eigenvalue weighted by Gasteiger charge is -2.11. The third kappa shape index (κ3) is 4.15. The Labute approximate surface area is 124 Å². The van der Waals surface area contributed by atoms with Gasteiger partial charge in [-0.2, -0.15) is 13.2 Å². The van der Waals surface area contributed by atoms with Gasteiger partial charge < -0.3 is 15.2 Å². The van der Waals surface area contributed by atoms with Crippen molar-refractivity contribution in [3.8, 4) is 11.5 Å². The summed E-state index contributed by atoms with van der Waals surface area (Å²) in [4.78, 5) is 11.7. The number of nitrogens with one attached hydrogen (secondary N) is 1. The van der Waals surface area contributed by atoms with Gasteiger partial charge in [-0.1, -0.05) is 18.2 Å². The number of ether oxygens (including phenoxy) is 1. The van der Waals surface area contributed by atoms with Crippen LogP contribution in [0.25, 0.3) is 0 Å². The fourth-order valence-corrected chi connectivity index (χ4v) is 1.68. The third-order valence-electron chi connectivity index (χ3n) is 2.71. The Kier molecular flexibility index (Phi) is 4.55. The SMILES string of the molecule is O=C(COc1cccc(C(F)(F)F)c1)Nc1ccccc1O. The molecule has 4 nitrogen and oxygen atoms in total. The monoisotopic (exact) mass is 311 g/mol. The van der Waals surface area contributed by atoms with Crippen LogP contribution in [0.4, 0.5) is 18.9 Å². The number of halogens is 3. The zero-order valence-corrected chi connectivity index (χ0v) is 11.2. The van der Waals surface area contributed by atoms with Crippen molar-refractivity contribution < 1.29 is 27.8 Å². The topological polar surface area (TPSA) is 58.6 Å². The number of carbonyl (C=O) groups excluding carboxylic acids is 1. The minimum Gasteiger partial charge on any atom is -0.506 e. The number of amides is 1. The number of anilines is 1. The largest absolute Gasteiger partial charge is 0.506 e. The van der Waals surface area contributed by atoms with Crippen molar-refractivity contribution in [1.82, 2.24) is 0 Å². The maximum Gasteiger partial charge on any atom is 0.416 e. The average molecular weight is 311 g/mol. The fourth-order valence-electron chi connectivity index (χ4n) is 1.68. The van der Waals surface area contributed by atoms with Gasteiger partial charge in [0.05, 0.1) is 11.3 Å². The van der Waals surface area contributed by atoms with Gasteiger partial charge in [0.1, 0.15) is 11.5 Å². The van der Waals surface area contributed by atoms with E-state index < -0.39 is 24.3 Å². The Morgan fingerprint density at radius 3 is 2.55 bits per heavy atom. The molecule has 0 heterocycles. The molecule has 0 aromatic heterocycles. The van der Waals surface area contributed by atoms with Gasteiger partial charge in [-0.15, -0.1) is 0 Å². The summed E-state index contributed by atoms with van der Waals surface area (Å²) in [6.07, 6.45) is -4.47. The van der Waals surface area contributed by atoms with Crippen molar-refractivity contribution in [2.75, 3.05) is 11.9 Å². The van der Waals surface area contributed by atoms with Crippen molar-refractivity contribution in [3.63, 3.8) is 0 Å². The summed E-state index contributed by atoms with van der Waals surface area (Å²) in [7, 11) is 0. The van der Waals surface area contributed by atoms with Crippen LogP contribution in [0.15, 0.2) is 48.5 Å². The van der Waals surface area contributed by atoms with Crippen LogP contribution in [0.1, 0.15) is 5.56 Å². The maximum absolute atomic E-state index is 12.5. The highest BCUT2D eigenvalue weighted by atomic mass is 19.4. The second-order valence-corrected chi connectivity index (χ2v) is 4.38. The quantitative estimate of drug-likeness (QED) is 0.851. The molecule has 2 rings (SSSR count). The minimum absolute atomic E-state index is 0.0674. The molecular formula is C15H12F3NO3. The van der Waals surface area contributed by atoms with E-state index in [9.17, 15) is 23.1 Å². The molecule has 0 aliphatic heterocycles. The number of benzene rings is 2. The second kappa shape index (κ2) is 6.38. The first-order valence-electron chi connectivity index (χ1n) is 6.24. The molecule has 0 aliphatic carbocycles. The van der Waals surface area contributed by atoms with Crippen LogP contribution in [0, 0.1) is 0 Å². The molecular weight excluding hydrogens is 299 g/mol. The van der Waals surface area contributed by atoms with Gasteiger partial charge in [-0.3, -0.25) is 4.79 Å². The molecule has 0 saturated carbocycles. The average Bonchev–Trinajstić information content (AvgIpc) is 2.47. The number of alkyl halides is 3. The minimum atomic E-state index is -4.47. The van der Waals surface area contributed by atoms with Crippen LogP contribution in [0.3, 0.4) is 0 Å². The predicted octanol–water partition coefficient (Wildman–Crippen LogP) is 3.43. The number of hydrogen-bond donors (Lipinski definition) is 2. The molecule has 116 valence electrons. The highest BCUT2D eigenvalue weighted by molar-refractivity contribution is 5.93. The molecule has 0 spiro atoms. The number of rotatable bonds is 4. The van der Waals surface area contributed by atoms with Gasteiger partial charge in [-0.05, 0) is 30.3 Å². The number of phenols is 1. The summed E-state index contributed by atoms with van der Waals surface area (Å²) in [6.45, 7) is -0.477. The highest BCUT2D eigenvalue weighted by Crippen LogP contribution is 2.31. The molecule has 0 bridgehead atoms. The number of aromatic hydroxyl groups is 1. The van der Waals surface area contributed by atoms with Gasteiger partial charge in [-0.25, -0.2) is 0 Å². The van der Waals surface area contributed by atoms with E-state index in [0.717, 1.165) is 12.1 Å². The molecule has 1 amide bonds. The lowest BCUT2D eigenvalue weighted by molar-refractivity contribution is -0.137. The van der Waals surface area contributed by atoms with Crippen LogP contribution >= 0.6 is 0 Å². The standard InChI is InChI=1S/C15H12F3NO3/c16-15(17,18)10-4-3-5-11(8-10)22-9-14(21)19-12-6-1-2-7-13(12)20/h1-8,20H,9H2,(H,19,21). The fraction of sp³-hybridized carbons (Fsp3) is 0.133. The first-order valence-corrected chi connectivity index (χ1v) is 6.24. The van der Waals surface area contributed by atoms with E-state index in [4.69, 9.17) is 4.74 Å². The van der Waals surface area contributed by atoms with Crippen LogP contribution in [-0.2, 0) is 11.0 Å². The molecule has 0 fully saturated rings. The third-order valence-corrected chi connectivity index (χ3v) is 2.71. The summed E-state index contributed by atoms with van der Waals surface area (Å²) in [6, 6.07) is 10.3. The van der Waals surface area contributed by atoms with Gasteiger partial charge in [0.15, 0.2) is 6.61 Å². The Hall–Kier alpha value is -2.70. The van der Waals surface area contributed by atoms with Crippen molar-refractivity contribution in [2.45, 2.75) is 6.18 Å². The number of carbonyl (C=O) groups is 1. The van der Waals surface area contributed by atoms with Crippen LogP contribution in [0.2, 0.25) is 0 Å². The maximum atomic E-state index is 12.5. The second-order valence-electron chi connectivity index (χ2n) is 4.38. The lowest BCUT2D eigenvalue weighted by Crippen LogP contribution is -2.20. The van der Waals surface area contributed by atoms with Crippen LogP contribution in [0.5, 0.6) is 11.5 Å². The van der Waals surface area contributed by atoms with E-state index in [-0.39, 0.29) is 17.2 Å². The van der Waals surface area contributed by atoms with Crippen molar-refractivity contribution in [3.05, 3.63) is 54.1 Å². The Bertz CT molecular complexity index is 671. The number of phenolic OH excluding ortho intramolecular Hbond substituents is 1. The Morgan fingerprint density at radius 2 is 1.86 bits per heavy atom. The molecule has 7 heteroatoms. The molecule has 22 heavy (non-hydrogen) atoms. The first kappa shape index (κ1) is 15.7. The molecule has 2 aromatic carbocycles. The summed E-state index contributed by atoms with van der Waals surface area (Å²) >= 11 is 0. The predicted molar refractivity (Wildman–Crippen MR) is 73.7 cm³/mol. The zero-order valence-electron chi connectivity index (χ0n) is 11.2. The van der Waals surface area contributed by atoms with Crippen LogP contribution in [-0.4, -0.2) is 17.6 Å². The number of hydrogen-bond acceptors (Lipinski definition) is 3. The van der Waals surface area contributed by atoms with Gasteiger partial charge in [0, 0.05) is 0 Å².